The number of imidazole rings is 3. The first-order chi connectivity index (χ1) is 44.6. The molecule has 4 N–H and O–H groups in total. The highest BCUT2D eigenvalue weighted by molar-refractivity contribution is 6.06. The van der Waals surface area contributed by atoms with E-state index >= 15 is 0 Å². The summed E-state index contributed by atoms with van der Waals surface area (Å²) in [5, 5.41) is 35.5. The van der Waals surface area contributed by atoms with Gasteiger partial charge < -0.3 is 38.5 Å². The smallest absolute Gasteiger partial charge is 0.420 e. The number of aromatic nitrogens is 9. The normalized spacial score (nSPS) is 25.7. The highest BCUT2D eigenvalue weighted by Crippen LogP contribution is 2.55. The molecule has 9 fully saturated rings. The molecule has 6 heterocycles. The third kappa shape index (κ3) is 10.4. The van der Waals surface area contributed by atoms with E-state index in [2.05, 4.69) is 49.7 Å². The van der Waals surface area contributed by atoms with E-state index in [1.54, 1.807) is 4.57 Å². The fourth-order valence-corrected chi connectivity index (χ4v) is 17.2. The number of aromatic amines is 2. The summed E-state index contributed by atoms with van der Waals surface area (Å²) in [6, 6.07) is 12.2. The third-order valence-electron chi connectivity index (χ3n) is 22.1. The van der Waals surface area contributed by atoms with Gasteiger partial charge >= 0.3 is 6.09 Å². The van der Waals surface area contributed by atoms with Crippen molar-refractivity contribution >= 4 is 62.6 Å². The summed E-state index contributed by atoms with van der Waals surface area (Å²) >= 11 is 0. The number of aliphatic hydroxyl groups excluding tert-OH is 2. The van der Waals surface area contributed by atoms with Gasteiger partial charge in [-0.1, -0.05) is 15.5 Å². The van der Waals surface area contributed by atoms with Crippen LogP contribution in [-0.2, 0) is 19.1 Å². The molecule has 93 heavy (non-hydrogen) atoms. The number of nitrogens with one attached hydrogen (secondary N) is 2. The maximum absolute atomic E-state index is 13.5. The summed E-state index contributed by atoms with van der Waals surface area (Å²) in [5.41, 5.74) is 15.5. The van der Waals surface area contributed by atoms with Crippen LogP contribution >= 0.6 is 0 Å². The lowest BCUT2D eigenvalue weighted by Gasteiger charge is -2.26. The molecule has 6 aromatic heterocycles. The molecule has 9 saturated carbocycles. The fraction of sp³-hybridized carbons (Fsp3) is 0.514. The molecule has 0 amide bonds. The number of benzene rings is 3. The minimum Gasteiger partial charge on any atom is -0.443 e. The number of H-pyrrole nitrogens is 2. The summed E-state index contributed by atoms with van der Waals surface area (Å²) < 4.78 is 23.6. The molecule has 19 nitrogen and oxygen atoms in total. The van der Waals surface area contributed by atoms with E-state index in [4.69, 9.17) is 33.3 Å². The molecular weight excluding hydrogens is 1170 g/mol. The zero-order chi connectivity index (χ0) is 64.4. The molecule has 10 unspecified atom stereocenters. The molecule has 19 heteroatoms. The van der Waals surface area contributed by atoms with Gasteiger partial charge in [-0.2, -0.15) is 0 Å². The number of ether oxygens (including phenoxy) is 1. The predicted octanol–water partition coefficient (Wildman–Crippen LogP) is 15.1. The molecule has 18 rings (SSSR count). The van der Waals surface area contributed by atoms with Gasteiger partial charge in [0.05, 0.1) is 74.2 Å². The van der Waals surface area contributed by atoms with Gasteiger partial charge in [0.15, 0.2) is 5.78 Å². The summed E-state index contributed by atoms with van der Waals surface area (Å²) in [4.78, 5) is 73.9. The van der Waals surface area contributed by atoms with Crippen molar-refractivity contribution in [2.24, 2.45) is 47.3 Å². The third-order valence-corrected chi connectivity index (χ3v) is 22.1. The fourth-order valence-electron chi connectivity index (χ4n) is 17.2. The van der Waals surface area contributed by atoms with Gasteiger partial charge in [-0.25, -0.2) is 24.3 Å². The van der Waals surface area contributed by atoms with Crippen molar-refractivity contribution in [3.63, 3.8) is 0 Å². The molecular formula is C74H81N9O10. The predicted molar refractivity (Wildman–Crippen MR) is 347 cm³/mol. The SMILES string of the molecule is Cc1noc(C)c1-c1cc(/C=C2\C(=O)C3CCC2C3)c2nc(C3CC3)[nH]c2c1.Cc1noc(C)c1-c1cc(C(O)C2C(=O)C3CCC2C3)c2nc(C3CC3)[nH]c2c1.Cc1noc(C)c1-c1cc(C(O)C2C(=O)C3CCC2C3)c2nc(C3CC3)n(C(=O)OC(C)(C)C)c2c1. The second-order valence-electron chi connectivity index (χ2n) is 29.8. The van der Waals surface area contributed by atoms with E-state index in [0.717, 1.165) is 190 Å². The zero-order valence-electron chi connectivity index (χ0n) is 54.4. The largest absolute Gasteiger partial charge is 0.443 e. The number of ketones is 3. The summed E-state index contributed by atoms with van der Waals surface area (Å²) in [7, 11) is 0. The van der Waals surface area contributed by atoms with Gasteiger partial charge in [0.1, 0.15) is 51.9 Å². The van der Waals surface area contributed by atoms with Crippen LogP contribution in [0.5, 0.6) is 0 Å². The number of aliphatic hydroxyl groups is 2. The van der Waals surface area contributed by atoms with Crippen LogP contribution in [0.25, 0.3) is 72.6 Å². The number of carbonyl (C=O) groups is 4. The number of rotatable bonds is 11. The van der Waals surface area contributed by atoms with Crippen LogP contribution in [0.15, 0.2) is 55.5 Å². The van der Waals surface area contributed by atoms with E-state index in [0.29, 0.717) is 63.3 Å². The maximum Gasteiger partial charge on any atom is 0.420 e. The van der Waals surface area contributed by atoms with Crippen molar-refractivity contribution in [2.45, 2.75) is 194 Å². The van der Waals surface area contributed by atoms with E-state index in [1.807, 2.05) is 80.5 Å². The Labute approximate surface area is 538 Å². The topological polar surface area (TPSA) is 271 Å². The lowest BCUT2D eigenvalue weighted by Crippen LogP contribution is -2.28. The first-order valence-electron chi connectivity index (χ1n) is 34.0. The first kappa shape index (κ1) is 59.8. The van der Waals surface area contributed by atoms with Crippen LogP contribution in [0, 0.1) is 88.9 Å². The Hall–Kier alpha value is -8.16. The minimum absolute atomic E-state index is 0.0530. The molecule has 9 aliphatic rings. The maximum atomic E-state index is 13.5. The van der Waals surface area contributed by atoms with Crippen LogP contribution in [0.2, 0.25) is 0 Å². The minimum atomic E-state index is -0.996. The molecule has 0 spiro atoms. The summed E-state index contributed by atoms with van der Waals surface area (Å²) in [6.07, 6.45) is 15.3. The van der Waals surface area contributed by atoms with Crippen molar-refractivity contribution in [1.82, 2.24) is 45.0 Å². The lowest BCUT2D eigenvalue weighted by atomic mass is 9.80. The number of hydrogen-bond acceptors (Lipinski definition) is 16. The van der Waals surface area contributed by atoms with E-state index < -0.39 is 29.8 Å². The number of nitrogens with zero attached hydrogens (tertiary/aromatic N) is 7. The first-order valence-corrected chi connectivity index (χ1v) is 34.0. The summed E-state index contributed by atoms with van der Waals surface area (Å²) in [5.74, 6) is 7.49. The Morgan fingerprint density at radius 3 is 1.45 bits per heavy atom. The molecule has 6 bridgehead atoms. The van der Waals surface area contributed by atoms with E-state index in [1.165, 1.54) is 12.8 Å². The van der Waals surface area contributed by atoms with Crippen LogP contribution in [0.4, 0.5) is 4.79 Å². The average Bonchev–Trinajstić information content (AvgIpc) is 1.62. The second kappa shape index (κ2) is 22.2. The Balaban J connectivity index is 0.000000112. The molecule has 9 aromatic rings. The van der Waals surface area contributed by atoms with Crippen molar-refractivity contribution in [2.75, 3.05) is 0 Å². The molecule has 0 saturated heterocycles. The number of aryl methyl sites for hydroxylation is 6. The molecule has 482 valence electrons. The molecule has 0 aliphatic heterocycles. The number of hydrogen-bond donors (Lipinski definition) is 4. The van der Waals surface area contributed by atoms with Crippen LogP contribution < -0.4 is 0 Å². The second-order valence-corrected chi connectivity index (χ2v) is 29.8. The van der Waals surface area contributed by atoms with Crippen LogP contribution in [-0.4, -0.2) is 84.2 Å². The Morgan fingerprint density at radius 2 is 1.00 bits per heavy atom. The average molecular weight is 1260 g/mol. The van der Waals surface area contributed by atoms with E-state index in [-0.39, 0.29) is 47.1 Å². The Kier molecular flexibility index (Phi) is 14.3. The molecule has 9 aliphatic carbocycles. The molecule has 10 atom stereocenters. The van der Waals surface area contributed by atoms with Crippen molar-refractivity contribution < 1.29 is 47.7 Å². The van der Waals surface area contributed by atoms with Gasteiger partial charge in [-0.05, 0) is 241 Å². The van der Waals surface area contributed by atoms with Gasteiger partial charge in [-0.15, -0.1) is 0 Å². The van der Waals surface area contributed by atoms with Gasteiger partial charge in [0, 0.05) is 68.9 Å². The van der Waals surface area contributed by atoms with E-state index in [9.17, 15) is 29.4 Å². The van der Waals surface area contributed by atoms with Gasteiger partial charge in [-0.3, -0.25) is 14.4 Å². The highest BCUT2D eigenvalue weighted by atomic mass is 16.6. The van der Waals surface area contributed by atoms with Crippen LogP contribution in [0.3, 0.4) is 0 Å². The quantitative estimate of drug-likeness (QED) is 0.0876. The van der Waals surface area contributed by atoms with Gasteiger partial charge in [0.25, 0.3) is 0 Å². The molecule has 0 radical (unpaired) electrons. The molecule has 3 aromatic carbocycles. The van der Waals surface area contributed by atoms with Crippen LogP contribution in [0.1, 0.15) is 216 Å². The highest BCUT2D eigenvalue weighted by Gasteiger charge is 2.52. The van der Waals surface area contributed by atoms with Gasteiger partial charge in [0.2, 0.25) is 0 Å². The van der Waals surface area contributed by atoms with Crippen molar-refractivity contribution in [1.29, 1.82) is 0 Å². The van der Waals surface area contributed by atoms with Crippen molar-refractivity contribution in [3.8, 4) is 33.4 Å². The Morgan fingerprint density at radius 1 is 0.548 bits per heavy atom. The van der Waals surface area contributed by atoms with Crippen molar-refractivity contribution in [3.05, 3.63) is 110 Å². The monoisotopic (exact) mass is 1260 g/mol. The summed E-state index contributed by atoms with van der Waals surface area (Å²) in [6.45, 7) is 17.0. The lowest BCUT2D eigenvalue weighted by molar-refractivity contribution is -0.130. The Bertz CT molecular complexity index is 4550. The number of fused-ring (bicyclic) bond motifs is 9. The number of carbonyl (C=O) groups excluding carboxylic acids is 4. The zero-order valence-corrected chi connectivity index (χ0v) is 54.4. The standard InChI is InChI=1S/C28H33N3O5.C23H25N3O3.C23H23N3O2/c1-13-21(14(2)36-30-13)18-11-19(25(33)22-16-8-9-17(10-16)24(22)32)23-20(12-18)31(26(29-23)15-6-7-15)27(34)35-28(3,4)5;1-10-18(11(2)29-26-10)15-8-16(20-17(9-15)24-23(25-20)12-3-4-12)22(28)19-13-5-6-14(7-13)21(19)27;1-11-20(12(2)28-26-11)16-8-17(9-18-14-5-6-15(7-14)22(18)27)21-19(10-16)24-23(25-21)13-3-4-13/h11-12,15-17,22,25,33H,6-10H2,1-5H3;8-9,12-14,19,22,28H,3-7H2,1-2H3,(H,24,25);8-10,13-15H,3-7H2,1-2H3,(H,24,25)/b;;18-9-. The number of allylic oxidation sites excluding steroid dienone is 1. The number of Topliss-reactive ketones (excluding diaryl/α,β-unsaturated/α-hetero) is 3.